The van der Waals surface area contributed by atoms with Crippen LogP contribution in [-0.2, 0) is 9.53 Å². The molecule has 13 heavy (non-hydrogen) atoms. The molecule has 0 amide bonds. The second-order valence-corrected chi connectivity index (χ2v) is 1.30. The molecule has 0 radical (unpaired) electrons. The summed E-state index contributed by atoms with van der Waals surface area (Å²) in [6.07, 6.45) is 0. The summed E-state index contributed by atoms with van der Waals surface area (Å²) in [7, 11) is 0. The van der Waals surface area contributed by atoms with Gasteiger partial charge in [0, 0.05) is 20.1 Å². The van der Waals surface area contributed by atoms with E-state index in [1.807, 2.05) is 13.8 Å². The van der Waals surface area contributed by atoms with Crippen LogP contribution in [0.25, 0.3) is 0 Å². The molecule has 1 N–H and O–H groups in total. The Kier molecular flexibility index (Phi) is 130. The second-order valence-electron chi connectivity index (χ2n) is 1.30. The summed E-state index contributed by atoms with van der Waals surface area (Å²) in [5, 5.41) is 7.42. The first-order valence-corrected chi connectivity index (χ1v) is 2.92. The quantitative estimate of drug-likeness (QED) is 0.668. The number of hydrogen-bond donors (Lipinski definition) is 1. The minimum absolute atomic E-state index is 0. The van der Waals surface area contributed by atoms with Crippen molar-refractivity contribution >= 4 is 14.4 Å². The Morgan fingerprint density at radius 1 is 1.15 bits per heavy atom. The average molecular weight is 208 g/mol. The minimum Gasteiger partial charge on any atom is -0.481 e. The van der Waals surface area contributed by atoms with Crippen molar-refractivity contribution in [1.29, 1.82) is 0 Å². The molecule has 0 saturated carbocycles. The molecule has 0 aliphatic carbocycles. The fraction of sp³-hybridized carbons (Fsp3) is 0.833. The standard InChI is InChI=1S/C4H10O.C2H4O2.BH3.3FH/c1-3-5-4-2;1-2(3)4;;;;/h3-4H2,1-2H3;1H3,(H,3,4);1H3;3*1H. The van der Waals surface area contributed by atoms with Crippen molar-refractivity contribution in [3.63, 3.8) is 0 Å². The van der Waals surface area contributed by atoms with Gasteiger partial charge in [-0.1, -0.05) is 0 Å². The van der Waals surface area contributed by atoms with Gasteiger partial charge in [0.25, 0.3) is 5.97 Å². The lowest BCUT2D eigenvalue weighted by Crippen LogP contribution is -1.84. The summed E-state index contributed by atoms with van der Waals surface area (Å²) in [5.41, 5.74) is 0. The number of ether oxygens (including phenoxy) is 1. The van der Waals surface area contributed by atoms with Crippen LogP contribution in [0.5, 0.6) is 0 Å². The Balaban J connectivity index is -0.0000000146. The Hall–Kier alpha value is -0.715. The Morgan fingerprint density at radius 3 is 1.31 bits per heavy atom. The highest BCUT2D eigenvalue weighted by Gasteiger charge is 1.65. The van der Waals surface area contributed by atoms with E-state index in [2.05, 4.69) is 0 Å². The highest BCUT2D eigenvalue weighted by atomic mass is 19.0. The van der Waals surface area contributed by atoms with Crippen LogP contribution in [0.4, 0.5) is 14.1 Å². The molecule has 0 rings (SSSR count). The van der Waals surface area contributed by atoms with Gasteiger partial charge in [-0.3, -0.25) is 18.9 Å². The van der Waals surface area contributed by atoms with Gasteiger partial charge in [0.15, 0.2) is 0 Å². The lowest BCUT2D eigenvalue weighted by molar-refractivity contribution is -0.134. The van der Waals surface area contributed by atoms with E-state index in [1.165, 1.54) is 0 Å². The molecular weight excluding hydrogens is 188 g/mol. The van der Waals surface area contributed by atoms with Crippen LogP contribution in [0.3, 0.4) is 0 Å². The van der Waals surface area contributed by atoms with E-state index in [0.717, 1.165) is 20.1 Å². The first-order valence-electron chi connectivity index (χ1n) is 2.92. The molecular formula is C6H20BF3O3. The smallest absolute Gasteiger partial charge is 0.300 e. The van der Waals surface area contributed by atoms with Crippen LogP contribution in [0.2, 0.25) is 0 Å². The highest BCUT2D eigenvalue weighted by Crippen LogP contribution is 1.64. The summed E-state index contributed by atoms with van der Waals surface area (Å²) in [5.74, 6) is -0.833. The number of carboxylic acid groups (broad SMARTS) is 1. The maximum absolute atomic E-state index is 9.00. The summed E-state index contributed by atoms with van der Waals surface area (Å²) in [4.78, 5) is 9.00. The SMILES string of the molecule is B.CC(=O)O.CCOCC.F.F.F. The van der Waals surface area contributed by atoms with E-state index >= 15 is 0 Å². The number of carbonyl (C=O) groups is 1. The molecule has 0 spiro atoms. The van der Waals surface area contributed by atoms with Crippen molar-refractivity contribution in [1.82, 2.24) is 0 Å². The molecule has 0 aromatic carbocycles. The van der Waals surface area contributed by atoms with Gasteiger partial charge in [0.2, 0.25) is 0 Å². The zero-order valence-corrected chi connectivity index (χ0v) is 7.40. The van der Waals surface area contributed by atoms with Crippen molar-refractivity contribution in [2.24, 2.45) is 0 Å². The van der Waals surface area contributed by atoms with Crippen molar-refractivity contribution < 1.29 is 28.8 Å². The van der Waals surface area contributed by atoms with Crippen molar-refractivity contribution in [2.75, 3.05) is 13.2 Å². The van der Waals surface area contributed by atoms with E-state index in [0.29, 0.717) is 0 Å². The summed E-state index contributed by atoms with van der Waals surface area (Å²) >= 11 is 0. The first kappa shape index (κ1) is 39.6. The van der Waals surface area contributed by atoms with E-state index in [9.17, 15) is 0 Å². The third kappa shape index (κ3) is 589. The van der Waals surface area contributed by atoms with Crippen molar-refractivity contribution in [3.05, 3.63) is 0 Å². The van der Waals surface area contributed by atoms with Gasteiger partial charge in [-0.2, -0.15) is 0 Å². The van der Waals surface area contributed by atoms with Gasteiger partial charge in [0.1, 0.15) is 0 Å². The predicted molar refractivity (Wildman–Crippen MR) is 52.9 cm³/mol. The minimum atomic E-state index is -0.833. The van der Waals surface area contributed by atoms with Crippen molar-refractivity contribution in [2.45, 2.75) is 20.8 Å². The van der Waals surface area contributed by atoms with Crippen LogP contribution < -0.4 is 0 Å². The van der Waals surface area contributed by atoms with Gasteiger partial charge < -0.3 is 9.84 Å². The van der Waals surface area contributed by atoms with Gasteiger partial charge in [0.05, 0.1) is 8.41 Å². The molecule has 0 aliphatic rings. The zero-order valence-electron chi connectivity index (χ0n) is 7.40. The normalized spacial score (nSPS) is 5.15. The van der Waals surface area contributed by atoms with Gasteiger partial charge in [-0.15, -0.1) is 0 Å². The predicted octanol–water partition coefficient (Wildman–Crippen LogP) is 0.407. The maximum Gasteiger partial charge on any atom is 0.300 e. The monoisotopic (exact) mass is 208 g/mol. The van der Waals surface area contributed by atoms with Crippen LogP contribution in [0.1, 0.15) is 20.8 Å². The number of rotatable bonds is 2. The molecule has 0 saturated heterocycles. The van der Waals surface area contributed by atoms with Crippen LogP contribution in [0, 0.1) is 0 Å². The largest absolute Gasteiger partial charge is 0.481 e. The molecule has 0 aromatic rings. The number of aliphatic carboxylic acids is 1. The van der Waals surface area contributed by atoms with E-state index in [-0.39, 0.29) is 22.5 Å². The van der Waals surface area contributed by atoms with E-state index < -0.39 is 5.97 Å². The van der Waals surface area contributed by atoms with E-state index in [4.69, 9.17) is 14.6 Å². The second kappa shape index (κ2) is 42.7. The summed E-state index contributed by atoms with van der Waals surface area (Å²) in [6.45, 7) is 6.75. The molecule has 0 fully saturated rings. The number of carboxylic acids is 1. The fourth-order valence-electron chi connectivity index (χ4n) is 0.204. The lowest BCUT2D eigenvalue weighted by atomic mass is 10.8. The van der Waals surface area contributed by atoms with Gasteiger partial charge in [-0.05, 0) is 13.8 Å². The Bertz CT molecular complexity index is 70.1. The summed E-state index contributed by atoms with van der Waals surface area (Å²) in [6, 6.07) is 0. The van der Waals surface area contributed by atoms with Crippen LogP contribution in [0.15, 0.2) is 0 Å². The highest BCUT2D eigenvalue weighted by molar-refractivity contribution is 5.75. The topological polar surface area (TPSA) is 46.5 Å². The first-order chi connectivity index (χ1) is 4.15. The molecule has 0 atom stereocenters. The molecule has 0 unspecified atom stereocenters. The molecule has 0 aromatic heterocycles. The molecule has 86 valence electrons. The molecule has 0 aliphatic heterocycles. The summed E-state index contributed by atoms with van der Waals surface area (Å²) < 4.78 is 4.83. The maximum atomic E-state index is 9.00. The fourth-order valence-corrected chi connectivity index (χ4v) is 0.204. The van der Waals surface area contributed by atoms with E-state index in [1.54, 1.807) is 0 Å². The van der Waals surface area contributed by atoms with Gasteiger partial charge >= 0.3 is 0 Å². The van der Waals surface area contributed by atoms with Gasteiger partial charge in [-0.25, -0.2) is 0 Å². The average Bonchev–Trinajstić information content (AvgIpc) is 1.66. The third-order valence-electron chi connectivity index (χ3n) is 0.408. The Morgan fingerprint density at radius 2 is 1.31 bits per heavy atom. The number of hydrogen-bond acceptors (Lipinski definition) is 2. The molecule has 0 bridgehead atoms. The third-order valence-corrected chi connectivity index (χ3v) is 0.408. The Labute approximate surface area is 78.1 Å². The molecule has 3 nitrogen and oxygen atoms in total. The van der Waals surface area contributed by atoms with Crippen LogP contribution in [-0.4, -0.2) is 32.7 Å². The molecule has 0 heterocycles. The van der Waals surface area contributed by atoms with Crippen LogP contribution >= 0.6 is 0 Å². The zero-order chi connectivity index (χ0) is 7.70. The van der Waals surface area contributed by atoms with Crippen molar-refractivity contribution in [3.8, 4) is 0 Å². The number of halogens is 3. The lowest BCUT2D eigenvalue weighted by Gasteiger charge is -1.86. The molecule has 7 heteroatoms.